The highest BCUT2D eigenvalue weighted by molar-refractivity contribution is 5.95. The Morgan fingerprint density at radius 3 is 2.84 bits per heavy atom. The number of carbonyl (C=O) groups excluding carboxylic acids is 1. The van der Waals surface area contributed by atoms with Gasteiger partial charge in [-0.15, -0.1) is 0 Å². The van der Waals surface area contributed by atoms with Gasteiger partial charge in [-0.2, -0.15) is 0 Å². The van der Waals surface area contributed by atoms with E-state index in [1.54, 1.807) is 0 Å². The zero-order valence-electron chi connectivity index (χ0n) is 11.8. The Bertz CT molecular complexity index is 448. The first-order chi connectivity index (χ1) is 9.13. The highest BCUT2D eigenvalue weighted by Crippen LogP contribution is 2.25. The number of anilines is 1. The first kappa shape index (κ1) is 13.9. The standard InChI is InChI=1S/C15H22N2O2/c1-11-10-17(12(2)8-9-16-11)14-7-5-4-6-13(14)15(18)19-3/h4-7,11-12,16H,8-10H2,1-3H3. The van der Waals surface area contributed by atoms with Crippen molar-refractivity contribution in [2.24, 2.45) is 0 Å². The number of nitrogens with zero attached hydrogens (tertiary/aromatic N) is 1. The molecule has 4 heteroatoms. The average molecular weight is 262 g/mol. The SMILES string of the molecule is COC(=O)c1ccccc1N1CC(C)NCCC1C. The summed E-state index contributed by atoms with van der Waals surface area (Å²) in [6.07, 6.45) is 1.07. The monoisotopic (exact) mass is 262 g/mol. The normalized spacial score (nSPS) is 23.8. The minimum atomic E-state index is -0.271. The Balaban J connectivity index is 2.36. The number of hydrogen-bond acceptors (Lipinski definition) is 4. The maximum atomic E-state index is 11.9. The second-order valence-corrected chi connectivity index (χ2v) is 5.15. The smallest absolute Gasteiger partial charge is 0.339 e. The highest BCUT2D eigenvalue weighted by Gasteiger charge is 2.24. The Morgan fingerprint density at radius 2 is 2.11 bits per heavy atom. The van der Waals surface area contributed by atoms with Crippen molar-refractivity contribution < 1.29 is 9.53 Å². The number of benzene rings is 1. The first-order valence-corrected chi connectivity index (χ1v) is 6.81. The van der Waals surface area contributed by atoms with E-state index in [4.69, 9.17) is 4.74 Å². The molecule has 1 saturated heterocycles. The number of carbonyl (C=O) groups is 1. The average Bonchev–Trinajstić information content (AvgIpc) is 2.59. The van der Waals surface area contributed by atoms with Crippen LogP contribution in [0.3, 0.4) is 0 Å². The van der Waals surface area contributed by atoms with E-state index in [-0.39, 0.29) is 5.97 Å². The summed E-state index contributed by atoms with van der Waals surface area (Å²) in [5, 5.41) is 3.48. The van der Waals surface area contributed by atoms with Gasteiger partial charge in [-0.05, 0) is 38.9 Å². The molecule has 0 saturated carbocycles. The van der Waals surface area contributed by atoms with Gasteiger partial charge in [0.15, 0.2) is 0 Å². The van der Waals surface area contributed by atoms with Crippen molar-refractivity contribution in [3.8, 4) is 0 Å². The van der Waals surface area contributed by atoms with Crippen molar-refractivity contribution in [3.05, 3.63) is 29.8 Å². The Morgan fingerprint density at radius 1 is 1.37 bits per heavy atom. The molecule has 0 bridgehead atoms. The molecule has 0 spiro atoms. The van der Waals surface area contributed by atoms with Crippen LogP contribution in [-0.4, -0.2) is 38.3 Å². The number of ether oxygens (including phenoxy) is 1. The van der Waals surface area contributed by atoms with Crippen LogP contribution in [-0.2, 0) is 4.74 Å². The van der Waals surface area contributed by atoms with E-state index in [1.165, 1.54) is 7.11 Å². The van der Waals surface area contributed by atoms with Crippen LogP contribution in [0.5, 0.6) is 0 Å². The number of esters is 1. The lowest BCUT2D eigenvalue weighted by atomic mass is 10.1. The Hall–Kier alpha value is -1.55. The predicted octanol–water partition coefficient (Wildman–Crippen LogP) is 2.05. The minimum absolute atomic E-state index is 0.271. The number of nitrogens with one attached hydrogen (secondary N) is 1. The third kappa shape index (κ3) is 3.07. The second kappa shape index (κ2) is 6.06. The molecule has 1 aromatic carbocycles. The molecule has 0 radical (unpaired) electrons. The van der Waals surface area contributed by atoms with Crippen molar-refractivity contribution >= 4 is 11.7 Å². The molecule has 2 unspecified atom stereocenters. The second-order valence-electron chi connectivity index (χ2n) is 5.15. The van der Waals surface area contributed by atoms with Gasteiger partial charge >= 0.3 is 5.97 Å². The van der Waals surface area contributed by atoms with E-state index in [9.17, 15) is 4.79 Å². The molecule has 0 aliphatic carbocycles. The van der Waals surface area contributed by atoms with Crippen molar-refractivity contribution in [1.82, 2.24) is 5.32 Å². The van der Waals surface area contributed by atoms with Crippen LogP contribution in [0.25, 0.3) is 0 Å². The van der Waals surface area contributed by atoms with Gasteiger partial charge < -0.3 is 15.0 Å². The molecule has 4 nitrogen and oxygen atoms in total. The van der Waals surface area contributed by atoms with E-state index in [0.29, 0.717) is 17.6 Å². The van der Waals surface area contributed by atoms with Crippen LogP contribution >= 0.6 is 0 Å². The third-order valence-corrected chi connectivity index (χ3v) is 3.68. The summed E-state index contributed by atoms with van der Waals surface area (Å²) in [6.45, 7) is 6.29. The van der Waals surface area contributed by atoms with Gasteiger partial charge in [0.1, 0.15) is 0 Å². The molecule has 1 aliphatic heterocycles. The lowest BCUT2D eigenvalue weighted by Crippen LogP contribution is -2.39. The number of methoxy groups -OCH3 is 1. The summed E-state index contributed by atoms with van der Waals surface area (Å²) < 4.78 is 4.88. The summed E-state index contributed by atoms with van der Waals surface area (Å²) in [5.41, 5.74) is 1.61. The highest BCUT2D eigenvalue weighted by atomic mass is 16.5. The molecule has 19 heavy (non-hydrogen) atoms. The van der Waals surface area contributed by atoms with Crippen LogP contribution in [0.2, 0.25) is 0 Å². The third-order valence-electron chi connectivity index (χ3n) is 3.68. The molecule has 1 fully saturated rings. The summed E-state index contributed by atoms with van der Waals surface area (Å²) in [7, 11) is 1.43. The van der Waals surface area contributed by atoms with Crippen molar-refractivity contribution in [1.29, 1.82) is 0 Å². The number of rotatable bonds is 2. The molecule has 1 N–H and O–H groups in total. The zero-order valence-corrected chi connectivity index (χ0v) is 11.8. The van der Waals surface area contributed by atoms with E-state index >= 15 is 0 Å². The van der Waals surface area contributed by atoms with Gasteiger partial charge in [-0.25, -0.2) is 4.79 Å². The van der Waals surface area contributed by atoms with Crippen molar-refractivity contribution in [3.63, 3.8) is 0 Å². The van der Waals surface area contributed by atoms with Gasteiger partial charge in [0, 0.05) is 18.6 Å². The van der Waals surface area contributed by atoms with Gasteiger partial charge in [-0.1, -0.05) is 12.1 Å². The molecule has 2 rings (SSSR count). The van der Waals surface area contributed by atoms with Crippen LogP contribution < -0.4 is 10.2 Å². The van der Waals surface area contributed by atoms with E-state index in [2.05, 4.69) is 24.1 Å². The van der Waals surface area contributed by atoms with E-state index in [1.807, 2.05) is 24.3 Å². The number of hydrogen-bond donors (Lipinski definition) is 1. The molecular formula is C15H22N2O2. The summed E-state index contributed by atoms with van der Waals surface area (Å²) in [5.74, 6) is -0.271. The molecular weight excluding hydrogens is 240 g/mol. The van der Waals surface area contributed by atoms with Crippen molar-refractivity contribution in [2.45, 2.75) is 32.4 Å². The molecule has 104 valence electrons. The largest absolute Gasteiger partial charge is 0.465 e. The van der Waals surface area contributed by atoms with Gasteiger partial charge in [0.05, 0.1) is 18.4 Å². The summed E-state index contributed by atoms with van der Waals surface area (Å²) in [6, 6.07) is 8.49. The van der Waals surface area contributed by atoms with Crippen LogP contribution in [0.1, 0.15) is 30.6 Å². The minimum Gasteiger partial charge on any atom is -0.465 e. The fourth-order valence-corrected chi connectivity index (χ4v) is 2.58. The lowest BCUT2D eigenvalue weighted by molar-refractivity contribution is 0.0601. The molecule has 1 heterocycles. The van der Waals surface area contributed by atoms with Crippen LogP contribution in [0.15, 0.2) is 24.3 Å². The number of para-hydroxylation sites is 1. The van der Waals surface area contributed by atoms with Crippen LogP contribution in [0.4, 0.5) is 5.69 Å². The van der Waals surface area contributed by atoms with Crippen molar-refractivity contribution in [2.75, 3.05) is 25.1 Å². The quantitative estimate of drug-likeness (QED) is 0.828. The molecule has 0 aromatic heterocycles. The zero-order chi connectivity index (χ0) is 13.8. The predicted molar refractivity (Wildman–Crippen MR) is 76.7 cm³/mol. The van der Waals surface area contributed by atoms with E-state index in [0.717, 1.165) is 25.2 Å². The fourth-order valence-electron chi connectivity index (χ4n) is 2.58. The maximum absolute atomic E-state index is 11.9. The Labute approximate surface area is 114 Å². The fraction of sp³-hybridized carbons (Fsp3) is 0.533. The van der Waals surface area contributed by atoms with Crippen LogP contribution in [0, 0.1) is 0 Å². The Kier molecular flexibility index (Phi) is 4.43. The summed E-state index contributed by atoms with van der Waals surface area (Å²) in [4.78, 5) is 14.2. The molecule has 0 amide bonds. The van der Waals surface area contributed by atoms with Gasteiger partial charge in [0.25, 0.3) is 0 Å². The lowest BCUT2D eigenvalue weighted by Gasteiger charge is -2.31. The maximum Gasteiger partial charge on any atom is 0.339 e. The first-order valence-electron chi connectivity index (χ1n) is 6.81. The van der Waals surface area contributed by atoms with E-state index < -0.39 is 0 Å². The van der Waals surface area contributed by atoms with Gasteiger partial charge in [0.2, 0.25) is 0 Å². The molecule has 2 atom stereocenters. The molecule has 1 aliphatic rings. The van der Waals surface area contributed by atoms with Gasteiger partial charge in [-0.3, -0.25) is 0 Å². The molecule has 1 aromatic rings. The summed E-state index contributed by atoms with van der Waals surface area (Å²) >= 11 is 0. The topological polar surface area (TPSA) is 41.6 Å².